The maximum Gasteiger partial charge on any atom is 0.255 e. The Bertz CT molecular complexity index is 629. The highest BCUT2D eigenvalue weighted by Crippen LogP contribution is 2.15. The van der Waals surface area contributed by atoms with Gasteiger partial charge in [-0.05, 0) is 24.3 Å². The monoisotopic (exact) mass is 318 g/mol. The van der Waals surface area contributed by atoms with Gasteiger partial charge >= 0.3 is 0 Å². The summed E-state index contributed by atoms with van der Waals surface area (Å²) in [5, 5.41) is 15.2. The van der Waals surface area contributed by atoms with Crippen molar-refractivity contribution in [1.29, 1.82) is 0 Å². The van der Waals surface area contributed by atoms with Crippen molar-refractivity contribution >= 4 is 23.4 Å². The molecule has 6 heteroatoms. The summed E-state index contributed by atoms with van der Waals surface area (Å²) in [6.45, 7) is 0.493. The molecule has 0 aliphatic heterocycles. The number of carbonyl (C=O) groups is 2. The Morgan fingerprint density at radius 2 is 1.36 bits per heavy atom. The lowest BCUT2D eigenvalue weighted by Crippen LogP contribution is -2.34. The van der Waals surface area contributed by atoms with Crippen molar-refractivity contribution in [2.24, 2.45) is 0 Å². The molecule has 2 aromatic rings. The first-order valence-electron chi connectivity index (χ1n) is 6.68. The molecule has 3 N–H and O–H groups in total. The van der Waals surface area contributed by atoms with Crippen molar-refractivity contribution in [3.63, 3.8) is 0 Å². The van der Waals surface area contributed by atoms with Crippen LogP contribution in [-0.4, -0.2) is 30.0 Å². The van der Waals surface area contributed by atoms with E-state index in [0.717, 1.165) is 0 Å². The number of benzene rings is 2. The first-order valence-corrected chi connectivity index (χ1v) is 7.06. The first-order chi connectivity index (χ1) is 10.6. The van der Waals surface area contributed by atoms with Crippen LogP contribution in [0.5, 0.6) is 5.75 Å². The molecule has 0 atom stereocenters. The van der Waals surface area contributed by atoms with Crippen LogP contribution in [-0.2, 0) is 0 Å². The number of hydrogen-bond acceptors (Lipinski definition) is 3. The number of rotatable bonds is 5. The minimum absolute atomic E-state index is 0.0832. The molecule has 0 unspecified atom stereocenters. The number of aromatic hydroxyl groups is 1. The highest BCUT2D eigenvalue weighted by Gasteiger charge is 2.11. The van der Waals surface area contributed by atoms with E-state index in [1.54, 1.807) is 36.4 Å². The van der Waals surface area contributed by atoms with E-state index in [9.17, 15) is 14.7 Å². The lowest BCUT2D eigenvalue weighted by Gasteiger charge is -2.08. The maximum absolute atomic E-state index is 11.9. The van der Waals surface area contributed by atoms with Crippen molar-refractivity contribution in [2.45, 2.75) is 0 Å². The molecule has 0 fully saturated rings. The molecule has 0 aliphatic rings. The predicted octanol–water partition coefficient (Wildman–Crippen LogP) is 2.21. The van der Waals surface area contributed by atoms with Gasteiger partial charge in [-0.3, -0.25) is 9.59 Å². The zero-order valence-electron chi connectivity index (χ0n) is 11.7. The normalized spacial score (nSPS) is 10.0. The Kier molecular flexibility index (Phi) is 5.38. The van der Waals surface area contributed by atoms with Gasteiger partial charge in [0.05, 0.1) is 16.1 Å². The van der Waals surface area contributed by atoms with Gasteiger partial charge in [0.15, 0.2) is 0 Å². The number of phenolic OH excluding ortho intramolecular Hbond substituents is 1. The van der Waals surface area contributed by atoms with Crippen molar-refractivity contribution in [3.8, 4) is 5.75 Å². The first kappa shape index (κ1) is 15.9. The van der Waals surface area contributed by atoms with Gasteiger partial charge in [-0.2, -0.15) is 0 Å². The van der Waals surface area contributed by atoms with Crippen molar-refractivity contribution in [2.75, 3.05) is 13.1 Å². The van der Waals surface area contributed by atoms with Gasteiger partial charge in [0.2, 0.25) is 0 Å². The Hall–Kier alpha value is -2.53. The third-order valence-corrected chi connectivity index (χ3v) is 3.29. The van der Waals surface area contributed by atoms with Crippen LogP contribution in [0.25, 0.3) is 0 Å². The number of phenols is 1. The molecule has 2 rings (SSSR count). The summed E-state index contributed by atoms with van der Waals surface area (Å²) >= 11 is 5.92. The molecule has 2 aromatic carbocycles. The predicted molar refractivity (Wildman–Crippen MR) is 84.2 cm³/mol. The fourth-order valence-electron chi connectivity index (χ4n) is 1.85. The third kappa shape index (κ3) is 3.99. The number of carbonyl (C=O) groups excluding carboxylic acids is 2. The van der Waals surface area contributed by atoms with Crippen LogP contribution >= 0.6 is 11.6 Å². The van der Waals surface area contributed by atoms with E-state index >= 15 is 0 Å². The van der Waals surface area contributed by atoms with Crippen LogP contribution in [0.2, 0.25) is 5.02 Å². The average Bonchev–Trinajstić information content (AvgIpc) is 2.52. The SMILES string of the molecule is O=C(NCCNC(=O)c1ccccc1Cl)c1ccccc1O. The van der Waals surface area contributed by atoms with E-state index < -0.39 is 5.91 Å². The molecular weight excluding hydrogens is 304 g/mol. The standard InChI is InChI=1S/C16H15ClN2O3/c17-13-7-3-1-5-11(13)15(21)18-9-10-19-16(22)12-6-2-4-8-14(12)20/h1-8,20H,9-10H2,(H,18,21)(H,19,22). The molecule has 0 saturated heterocycles. The van der Waals surface area contributed by atoms with Gasteiger partial charge in [-0.1, -0.05) is 35.9 Å². The van der Waals surface area contributed by atoms with Gasteiger partial charge in [0, 0.05) is 13.1 Å². The van der Waals surface area contributed by atoms with Crippen LogP contribution in [0.4, 0.5) is 0 Å². The van der Waals surface area contributed by atoms with Crippen LogP contribution in [0.3, 0.4) is 0 Å². The number of para-hydroxylation sites is 1. The summed E-state index contributed by atoms with van der Waals surface area (Å²) in [7, 11) is 0. The second-order valence-corrected chi connectivity index (χ2v) is 4.92. The molecule has 0 bridgehead atoms. The molecule has 0 aromatic heterocycles. The van der Waals surface area contributed by atoms with E-state index in [0.29, 0.717) is 10.6 Å². The number of halogens is 1. The molecule has 0 heterocycles. The van der Waals surface area contributed by atoms with E-state index in [1.165, 1.54) is 12.1 Å². The van der Waals surface area contributed by atoms with Crippen molar-refractivity contribution < 1.29 is 14.7 Å². The van der Waals surface area contributed by atoms with Gasteiger partial charge in [0.25, 0.3) is 11.8 Å². The van der Waals surface area contributed by atoms with Crippen molar-refractivity contribution in [1.82, 2.24) is 10.6 Å². The number of nitrogens with one attached hydrogen (secondary N) is 2. The van der Waals surface area contributed by atoms with Gasteiger partial charge in [0.1, 0.15) is 5.75 Å². The molecule has 22 heavy (non-hydrogen) atoms. The second kappa shape index (κ2) is 7.47. The minimum atomic E-state index is -0.398. The fraction of sp³-hybridized carbons (Fsp3) is 0.125. The molecule has 0 saturated carbocycles. The summed E-state index contributed by atoms with van der Waals surface area (Å²) in [5.74, 6) is -0.785. The molecule has 0 radical (unpaired) electrons. The summed E-state index contributed by atoms with van der Waals surface area (Å²) < 4.78 is 0. The van der Waals surface area contributed by atoms with Gasteiger partial charge in [-0.15, -0.1) is 0 Å². The topological polar surface area (TPSA) is 78.4 Å². The Morgan fingerprint density at radius 1 is 0.864 bits per heavy atom. The van der Waals surface area contributed by atoms with Crippen LogP contribution in [0.1, 0.15) is 20.7 Å². The van der Waals surface area contributed by atoms with E-state index in [2.05, 4.69) is 10.6 Å². The molecule has 5 nitrogen and oxygen atoms in total. The lowest BCUT2D eigenvalue weighted by molar-refractivity contribution is 0.0926. The molecule has 2 amide bonds. The summed E-state index contributed by atoms with van der Waals surface area (Å²) in [4.78, 5) is 23.7. The van der Waals surface area contributed by atoms with Crippen LogP contribution in [0.15, 0.2) is 48.5 Å². The number of hydrogen-bond donors (Lipinski definition) is 3. The summed E-state index contributed by atoms with van der Waals surface area (Å²) in [5.41, 5.74) is 0.580. The average molecular weight is 319 g/mol. The third-order valence-electron chi connectivity index (χ3n) is 2.96. The van der Waals surface area contributed by atoms with Crippen molar-refractivity contribution in [3.05, 3.63) is 64.7 Å². The molecule has 114 valence electrons. The van der Waals surface area contributed by atoms with Crippen LogP contribution in [0, 0.1) is 0 Å². The molecule has 0 aliphatic carbocycles. The smallest absolute Gasteiger partial charge is 0.255 e. The molecular formula is C16H15ClN2O3. The van der Waals surface area contributed by atoms with E-state index in [1.807, 2.05) is 0 Å². The minimum Gasteiger partial charge on any atom is -0.507 e. The fourth-order valence-corrected chi connectivity index (χ4v) is 2.08. The molecule has 0 spiro atoms. The van der Waals surface area contributed by atoms with Gasteiger partial charge in [-0.25, -0.2) is 0 Å². The lowest BCUT2D eigenvalue weighted by atomic mass is 10.2. The second-order valence-electron chi connectivity index (χ2n) is 4.51. The Balaban J connectivity index is 1.80. The Morgan fingerprint density at radius 3 is 1.95 bits per heavy atom. The highest BCUT2D eigenvalue weighted by molar-refractivity contribution is 6.33. The Labute approximate surface area is 132 Å². The van der Waals surface area contributed by atoms with Gasteiger partial charge < -0.3 is 15.7 Å². The largest absolute Gasteiger partial charge is 0.507 e. The summed E-state index contributed by atoms with van der Waals surface area (Å²) in [6.07, 6.45) is 0. The van der Waals surface area contributed by atoms with E-state index in [-0.39, 0.29) is 30.3 Å². The summed E-state index contributed by atoms with van der Waals surface area (Å²) in [6, 6.07) is 13.0. The van der Waals surface area contributed by atoms with Crippen LogP contribution < -0.4 is 10.6 Å². The highest BCUT2D eigenvalue weighted by atomic mass is 35.5. The van der Waals surface area contributed by atoms with E-state index in [4.69, 9.17) is 11.6 Å². The number of amides is 2. The quantitative estimate of drug-likeness (QED) is 0.740. The zero-order chi connectivity index (χ0) is 15.9. The zero-order valence-corrected chi connectivity index (χ0v) is 12.4. The maximum atomic E-state index is 11.9.